The minimum atomic E-state index is -0.0195. The third kappa shape index (κ3) is 2.31. The van der Waals surface area contributed by atoms with E-state index >= 15 is 0 Å². The van der Waals surface area contributed by atoms with Crippen LogP contribution in [0.25, 0.3) is 0 Å². The fourth-order valence-electron chi connectivity index (χ4n) is 0.706. The Hall–Kier alpha value is 0.130. The zero-order valence-corrected chi connectivity index (χ0v) is 10.3. The Balaban J connectivity index is 2.82. The summed E-state index contributed by atoms with van der Waals surface area (Å²) >= 11 is 8.07. The van der Waals surface area contributed by atoms with Crippen molar-refractivity contribution in [3.05, 3.63) is 19.2 Å². The Morgan fingerprint density at radius 1 is 1.67 bits per heavy atom. The van der Waals surface area contributed by atoms with E-state index in [1.807, 2.05) is 6.92 Å². The molecule has 1 aromatic rings. The van der Waals surface area contributed by atoms with Gasteiger partial charge in [0, 0.05) is 11.0 Å². The number of nitrogens with one attached hydrogen (secondary N) is 1. The number of hydrogen-bond acceptors (Lipinski definition) is 2. The van der Waals surface area contributed by atoms with Gasteiger partial charge >= 0.3 is 0 Å². The lowest BCUT2D eigenvalue weighted by Crippen LogP contribution is -2.21. The standard InChI is InChI=1S/C7H7Br2NOS/c1-2-10-7(11)5-3-4(8)6(9)12-5/h3H,2H2,1H3,(H,10,11). The van der Waals surface area contributed by atoms with Crippen molar-refractivity contribution in [1.29, 1.82) is 0 Å². The molecule has 5 heteroatoms. The molecule has 0 aliphatic heterocycles. The minimum absolute atomic E-state index is 0.0195. The van der Waals surface area contributed by atoms with Crippen LogP contribution in [-0.4, -0.2) is 12.5 Å². The molecule has 0 aliphatic rings. The first kappa shape index (κ1) is 10.2. The van der Waals surface area contributed by atoms with Crippen molar-refractivity contribution in [2.75, 3.05) is 6.54 Å². The van der Waals surface area contributed by atoms with Crippen molar-refractivity contribution in [3.63, 3.8) is 0 Å². The molecule has 1 aromatic heterocycles. The maximum Gasteiger partial charge on any atom is 0.261 e. The maximum atomic E-state index is 11.3. The summed E-state index contributed by atoms with van der Waals surface area (Å²) in [7, 11) is 0. The quantitative estimate of drug-likeness (QED) is 0.893. The first-order valence-corrected chi connectivity index (χ1v) is 5.78. The van der Waals surface area contributed by atoms with Crippen LogP contribution in [0.4, 0.5) is 0 Å². The molecule has 1 N–H and O–H groups in total. The molecule has 0 unspecified atom stereocenters. The van der Waals surface area contributed by atoms with Crippen molar-refractivity contribution in [2.45, 2.75) is 6.92 Å². The molecule has 2 nitrogen and oxygen atoms in total. The molecular formula is C7H7Br2NOS. The summed E-state index contributed by atoms with van der Waals surface area (Å²) in [6.07, 6.45) is 0. The van der Waals surface area contributed by atoms with Gasteiger partial charge in [-0.05, 0) is 44.8 Å². The van der Waals surface area contributed by atoms with Crippen LogP contribution in [0.5, 0.6) is 0 Å². The highest BCUT2D eigenvalue weighted by Crippen LogP contribution is 2.32. The predicted molar refractivity (Wildman–Crippen MR) is 57.7 cm³/mol. The molecule has 0 aromatic carbocycles. The molecule has 0 fully saturated rings. The second kappa shape index (κ2) is 4.39. The molecule has 0 aliphatic carbocycles. The highest BCUT2D eigenvalue weighted by Gasteiger charge is 2.10. The van der Waals surface area contributed by atoms with Crippen LogP contribution >= 0.6 is 43.2 Å². The zero-order chi connectivity index (χ0) is 9.14. The summed E-state index contributed by atoms with van der Waals surface area (Å²) in [6.45, 7) is 2.56. The van der Waals surface area contributed by atoms with E-state index in [0.717, 1.165) is 13.1 Å². The number of hydrogen-bond donors (Lipinski definition) is 1. The Labute approximate surface area is 91.6 Å². The van der Waals surface area contributed by atoms with E-state index in [4.69, 9.17) is 0 Å². The van der Waals surface area contributed by atoms with E-state index in [1.165, 1.54) is 11.3 Å². The molecule has 0 atom stereocenters. The lowest BCUT2D eigenvalue weighted by molar-refractivity contribution is 0.0960. The first-order chi connectivity index (χ1) is 5.65. The van der Waals surface area contributed by atoms with Crippen molar-refractivity contribution in [2.24, 2.45) is 0 Å². The summed E-state index contributed by atoms with van der Waals surface area (Å²) in [5.41, 5.74) is 0. The molecule has 0 saturated carbocycles. The third-order valence-electron chi connectivity index (χ3n) is 1.21. The zero-order valence-electron chi connectivity index (χ0n) is 6.36. The number of thiophene rings is 1. The SMILES string of the molecule is CCNC(=O)c1cc(Br)c(Br)s1. The van der Waals surface area contributed by atoms with Crippen molar-refractivity contribution >= 4 is 49.1 Å². The monoisotopic (exact) mass is 311 g/mol. The van der Waals surface area contributed by atoms with E-state index in [1.54, 1.807) is 6.07 Å². The Morgan fingerprint density at radius 2 is 2.33 bits per heavy atom. The molecule has 0 radical (unpaired) electrons. The van der Waals surface area contributed by atoms with Crippen LogP contribution in [0.2, 0.25) is 0 Å². The van der Waals surface area contributed by atoms with Gasteiger partial charge in [0.15, 0.2) is 0 Å². The van der Waals surface area contributed by atoms with Crippen LogP contribution in [0.3, 0.4) is 0 Å². The lowest BCUT2D eigenvalue weighted by atomic mass is 10.4. The average Bonchev–Trinajstić information content (AvgIpc) is 2.33. The first-order valence-electron chi connectivity index (χ1n) is 3.38. The van der Waals surface area contributed by atoms with Gasteiger partial charge < -0.3 is 5.32 Å². The van der Waals surface area contributed by atoms with Gasteiger partial charge in [0.05, 0.1) is 8.66 Å². The van der Waals surface area contributed by atoms with Gasteiger partial charge in [-0.25, -0.2) is 0 Å². The molecule has 1 rings (SSSR count). The lowest BCUT2D eigenvalue weighted by Gasteiger charge is -1.95. The number of carbonyl (C=O) groups is 1. The molecule has 1 amide bonds. The summed E-state index contributed by atoms with van der Waals surface area (Å²) < 4.78 is 1.87. The average molecular weight is 313 g/mol. The topological polar surface area (TPSA) is 29.1 Å². The van der Waals surface area contributed by atoms with Gasteiger partial charge in [0.1, 0.15) is 0 Å². The molecule has 0 saturated heterocycles. The van der Waals surface area contributed by atoms with E-state index in [9.17, 15) is 4.79 Å². The maximum absolute atomic E-state index is 11.3. The molecule has 0 spiro atoms. The fraction of sp³-hybridized carbons (Fsp3) is 0.286. The smallest absolute Gasteiger partial charge is 0.261 e. The van der Waals surface area contributed by atoms with Crippen molar-refractivity contribution < 1.29 is 4.79 Å². The van der Waals surface area contributed by atoms with Gasteiger partial charge in [0.2, 0.25) is 0 Å². The van der Waals surface area contributed by atoms with E-state index in [0.29, 0.717) is 6.54 Å². The van der Waals surface area contributed by atoms with Crippen molar-refractivity contribution in [3.8, 4) is 0 Å². The van der Waals surface area contributed by atoms with Crippen LogP contribution in [0, 0.1) is 0 Å². The minimum Gasteiger partial charge on any atom is -0.352 e. The Kier molecular flexibility index (Phi) is 3.74. The van der Waals surface area contributed by atoms with Crippen LogP contribution in [0.1, 0.15) is 16.6 Å². The summed E-state index contributed by atoms with van der Waals surface area (Å²) in [5.74, 6) is -0.0195. The van der Waals surface area contributed by atoms with E-state index in [-0.39, 0.29) is 5.91 Å². The summed E-state index contributed by atoms with van der Waals surface area (Å²) in [5, 5.41) is 2.73. The second-order valence-electron chi connectivity index (χ2n) is 2.09. The highest BCUT2D eigenvalue weighted by molar-refractivity contribution is 9.13. The Bertz CT molecular complexity index is 278. The molecular weight excluding hydrogens is 306 g/mol. The Morgan fingerprint density at radius 3 is 2.75 bits per heavy atom. The summed E-state index contributed by atoms with van der Waals surface area (Å²) in [4.78, 5) is 12.0. The number of halogens is 2. The van der Waals surface area contributed by atoms with Gasteiger partial charge in [-0.3, -0.25) is 4.79 Å². The molecule has 66 valence electrons. The number of carbonyl (C=O) groups excluding carboxylic acids is 1. The van der Waals surface area contributed by atoms with Crippen molar-refractivity contribution in [1.82, 2.24) is 5.32 Å². The summed E-state index contributed by atoms with van der Waals surface area (Å²) in [6, 6.07) is 1.81. The number of rotatable bonds is 2. The van der Waals surface area contributed by atoms with E-state index in [2.05, 4.69) is 37.2 Å². The van der Waals surface area contributed by atoms with Gasteiger partial charge in [-0.15, -0.1) is 11.3 Å². The van der Waals surface area contributed by atoms with Crippen LogP contribution in [0.15, 0.2) is 14.3 Å². The van der Waals surface area contributed by atoms with Crippen LogP contribution in [-0.2, 0) is 0 Å². The predicted octanol–water partition coefficient (Wildman–Crippen LogP) is 3.02. The molecule has 12 heavy (non-hydrogen) atoms. The van der Waals surface area contributed by atoms with Gasteiger partial charge in [-0.1, -0.05) is 0 Å². The molecule has 1 heterocycles. The largest absolute Gasteiger partial charge is 0.352 e. The fourth-order valence-corrected chi connectivity index (χ4v) is 2.66. The number of amides is 1. The molecule has 0 bridgehead atoms. The van der Waals surface area contributed by atoms with Gasteiger partial charge in [-0.2, -0.15) is 0 Å². The van der Waals surface area contributed by atoms with Gasteiger partial charge in [0.25, 0.3) is 5.91 Å². The van der Waals surface area contributed by atoms with E-state index < -0.39 is 0 Å². The van der Waals surface area contributed by atoms with Crippen LogP contribution < -0.4 is 5.32 Å². The highest BCUT2D eigenvalue weighted by atomic mass is 79.9. The third-order valence-corrected chi connectivity index (χ3v) is 4.46. The second-order valence-corrected chi connectivity index (χ2v) is 5.32. The normalized spacial score (nSPS) is 9.92.